The van der Waals surface area contributed by atoms with Crippen molar-refractivity contribution in [3.63, 3.8) is 0 Å². The monoisotopic (exact) mass is 651 g/mol. The van der Waals surface area contributed by atoms with Crippen molar-refractivity contribution in [1.82, 2.24) is 5.32 Å². The summed E-state index contributed by atoms with van der Waals surface area (Å²) < 4.78 is 18.0. The lowest BCUT2D eigenvalue weighted by Gasteiger charge is -2.32. The maximum atomic E-state index is 12.5. The molecule has 0 saturated carbocycles. The van der Waals surface area contributed by atoms with Crippen LogP contribution in [0.1, 0.15) is 55.3 Å². The van der Waals surface area contributed by atoms with Gasteiger partial charge >= 0.3 is 11.9 Å². The van der Waals surface area contributed by atoms with Gasteiger partial charge in [0, 0.05) is 24.4 Å². The van der Waals surface area contributed by atoms with Crippen LogP contribution in [0.2, 0.25) is 0 Å². The second-order valence-electron chi connectivity index (χ2n) is 11.5. The zero-order valence-corrected chi connectivity index (χ0v) is 26.8. The number of ether oxygens (including phenoxy) is 3. The van der Waals surface area contributed by atoms with Gasteiger partial charge in [-0.3, -0.25) is 0 Å². The SMILES string of the molecule is Cl.O=C(OCc1c(CCOc2ccc(C3CCNCC3OCc3ccc4ccccc4c3)cc2)cccc1C(=O)O)c1ccccc1. The average Bonchev–Trinajstić information content (AvgIpc) is 3.10. The van der Waals surface area contributed by atoms with Gasteiger partial charge in [-0.2, -0.15) is 0 Å². The van der Waals surface area contributed by atoms with Gasteiger partial charge in [-0.25, -0.2) is 9.59 Å². The minimum atomic E-state index is -1.07. The molecule has 0 bridgehead atoms. The maximum Gasteiger partial charge on any atom is 0.338 e. The van der Waals surface area contributed by atoms with Gasteiger partial charge in [0.05, 0.1) is 30.4 Å². The van der Waals surface area contributed by atoms with Gasteiger partial charge in [-0.05, 0) is 76.8 Å². The number of aromatic carboxylic acids is 1. The van der Waals surface area contributed by atoms with E-state index in [9.17, 15) is 14.7 Å². The molecule has 2 N–H and O–H groups in total. The van der Waals surface area contributed by atoms with Crippen molar-refractivity contribution >= 4 is 35.1 Å². The Morgan fingerprint density at radius 1 is 0.809 bits per heavy atom. The largest absolute Gasteiger partial charge is 0.493 e. The normalized spacial score (nSPS) is 15.8. The molecule has 1 saturated heterocycles. The van der Waals surface area contributed by atoms with Crippen LogP contribution in [-0.4, -0.2) is 42.8 Å². The molecule has 0 aromatic heterocycles. The summed E-state index contributed by atoms with van der Waals surface area (Å²) in [5, 5.41) is 15.7. The molecular formula is C39H38ClNO6. The summed E-state index contributed by atoms with van der Waals surface area (Å²) in [7, 11) is 0. The summed E-state index contributed by atoms with van der Waals surface area (Å²) in [6, 6.07) is 36.7. The number of nitrogens with one attached hydrogen (secondary N) is 1. The third-order valence-electron chi connectivity index (χ3n) is 8.51. The van der Waals surface area contributed by atoms with Crippen LogP contribution < -0.4 is 10.1 Å². The fourth-order valence-electron chi connectivity index (χ4n) is 6.04. The predicted octanol–water partition coefficient (Wildman–Crippen LogP) is 7.60. The first kappa shape index (κ1) is 33.7. The Balaban J connectivity index is 0.00000433. The molecular weight excluding hydrogens is 614 g/mol. The Bertz CT molecular complexity index is 1790. The molecule has 6 rings (SSSR count). The van der Waals surface area contributed by atoms with Crippen molar-refractivity contribution in [3.05, 3.63) is 149 Å². The molecule has 0 spiro atoms. The van der Waals surface area contributed by atoms with E-state index in [-0.39, 0.29) is 36.6 Å². The number of carbonyl (C=O) groups is 2. The highest BCUT2D eigenvalue weighted by molar-refractivity contribution is 5.91. The van der Waals surface area contributed by atoms with E-state index in [0.29, 0.717) is 30.8 Å². The molecule has 0 aliphatic carbocycles. The van der Waals surface area contributed by atoms with Crippen LogP contribution in [0.5, 0.6) is 5.75 Å². The summed E-state index contributed by atoms with van der Waals surface area (Å²) >= 11 is 0. The number of benzene rings is 5. The van der Waals surface area contributed by atoms with Gasteiger partial charge in [0.15, 0.2) is 0 Å². The van der Waals surface area contributed by atoms with E-state index in [1.54, 1.807) is 30.3 Å². The smallest absolute Gasteiger partial charge is 0.338 e. The van der Waals surface area contributed by atoms with Crippen LogP contribution in [0.15, 0.2) is 115 Å². The number of hydrogen-bond donors (Lipinski definition) is 2. The van der Waals surface area contributed by atoms with E-state index < -0.39 is 11.9 Å². The molecule has 1 aliphatic rings. The molecule has 0 amide bonds. The molecule has 0 radical (unpaired) electrons. The van der Waals surface area contributed by atoms with Gasteiger partial charge in [0.1, 0.15) is 12.4 Å². The second-order valence-corrected chi connectivity index (χ2v) is 11.5. The van der Waals surface area contributed by atoms with Crippen molar-refractivity contribution in [2.24, 2.45) is 0 Å². The lowest BCUT2D eigenvalue weighted by atomic mass is 9.87. The van der Waals surface area contributed by atoms with E-state index in [0.717, 1.165) is 36.4 Å². The molecule has 1 fully saturated rings. The summed E-state index contributed by atoms with van der Waals surface area (Å²) in [6.07, 6.45) is 1.50. The van der Waals surface area contributed by atoms with Crippen LogP contribution >= 0.6 is 12.4 Å². The highest BCUT2D eigenvalue weighted by Gasteiger charge is 2.27. The second kappa shape index (κ2) is 16.2. The first-order chi connectivity index (χ1) is 22.5. The molecule has 5 aromatic carbocycles. The molecule has 7 nitrogen and oxygen atoms in total. The van der Waals surface area contributed by atoms with E-state index in [4.69, 9.17) is 14.2 Å². The quantitative estimate of drug-likeness (QED) is 0.134. The predicted molar refractivity (Wildman–Crippen MR) is 185 cm³/mol. The minimum absolute atomic E-state index is 0. The van der Waals surface area contributed by atoms with Crippen molar-refractivity contribution < 1.29 is 28.9 Å². The van der Waals surface area contributed by atoms with Crippen LogP contribution in [-0.2, 0) is 29.1 Å². The third-order valence-corrected chi connectivity index (χ3v) is 8.51. The highest BCUT2D eigenvalue weighted by Crippen LogP contribution is 2.30. The van der Waals surface area contributed by atoms with Gasteiger partial charge in [-0.15, -0.1) is 12.4 Å². The Morgan fingerprint density at radius 3 is 2.36 bits per heavy atom. The summed E-state index contributed by atoms with van der Waals surface area (Å²) in [4.78, 5) is 24.5. The summed E-state index contributed by atoms with van der Waals surface area (Å²) in [5.41, 5.74) is 4.14. The van der Waals surface area contributed by atoms with E-state index in [2.05, 4.69) is 59.9 Å². The fraction of sp³-hybridized carbons (Fsp3) is 0.231. The van der Waals surface area contributed by atoms with Crippen LogP contribution in [0, 0.1) is 0 Å². The van der Waals surface area contributed by atoms with Crippen molar-refractivity contribution in [1.29, 1.82) is 0 Å². The molecule has 242 valence electrons. The summed E-state index contributed by atoms with van der Waals surface area (Å²) in [6.45, 7) is 2.50. The van der Waals surface area contributed by atoms with Gasteiger partial charge in [-0.1, -0.05) is 78.9 Å². The molecule has 2 atom stereocenters. The first-order valence-electron chi connectivity index (χ1n) is 15.6. The molecule has 1 heterocycles. The molecule has 47 heavy (non-hydrogen) atoms. The highest BCUT2D eigenvalue weighted by atomic mass is 35.5. The zero-order valence-electron chi connectivity index (χ0n) is 26.0. The number of carboxylic acid groups (broad SMARTS) is 1. The number of fused-ring (bicyclic) bond motifs is 1. The van der Waals surface area contributed by atoms with Crippen molar-refractivity contribution in [2.45, 2.75) is 38.1 Å². The molecule has 5 aromatic rings. The molecule has 8 heteroatoms. The van der Waals surface area contributed by atoms with Gasteiger partial charge in [0.25, 0.3) is 0 Å². The number of rotatable bonds is 12. The van der Waals surface area contributed by atoms with E-state index >= 15 is 0 Å². The van der Waals surface area contributed by atoms with E-state index in [1.807, 2.05) is 24.3 Å². The van der Waals surface area contributed by atoms with Gasteiger partial charge in [0.2, 0.25) is 0 Å². The van der Waals surface area contributed by atoms with Crippen LogP contribution in [0.4, 0.5) is 0 Å². The average molecular weight is 652 g/mol. The number of esters is 1. The standard InChI is InChI=1S/C39H37NO6.ClH/c41-38(42)35-12-6-11-29(36(35)26-46-39(43)31-8-2-1-3-9-31)20-22-44-33-17-15-30(16-18-33)34-19-21-40-24-37(34)45-25-27-13-14-28-7-4-5-10-32(28)23-27;/h1-18,23,34,37,40H,19-22,24-26H2,(H,41,42);1H. The van der Waals surface area contributed by atoms with E-state index in [1.165, 1.54) is 22.4 Å². The first-order valence-corrected chi connectivity index (χ1v) is 15.6. The number of carboxylic acids is 1. The number of halogens is 1. The third kappa shape index (κ3) is 8.57. The lowest BCUT2D eigenvalue weighted by Crippen LogP contribution is -2.40. The lowest BCUT2D eigenvalue weighted by molar-refractivity contribution is 0.0106. The fourth-order valence-corrected chi connectivity index (χ4v) is 6.04. The van der Waals surface area contributed by atoms with Crippen molar-refractivity contribution in [3.8, 4) is 5.75 Å². The molecule has 1 aliphatic heterocycles. The van der Waals surface area contributed by atoms with Crippen LogP contribution in [0.25, 0.3) is 10.8 Å². The maximum absolute atomic E-state index is 12.5. The topological polar surface area (TPSA) is 94.1 Å². The summed E-state index contributed by atoms with van der Waals surface area (Å²) in [5.74, 6) is -0.562. The zero-order chi connectivity index (χ0) is 31.7. The Kier molecular flexibility index (Phi) is 11.6. The Hall–Kier alpha value is -4.69. The van der Waals surface area contributed by atoms with Crippen molar-refractivity contribution in [2.75, 3.05) is 19.7 Å². The minimum Gasteiger partial charge on any atom is -0.493 e. The number of piperidine rings is 1. The number of hydrogen-bond acceptors (Lipinski definition) is 6. The Labute approximate surface area is 280 Å². The van der Waals surface area contributed by atoms with Gasteiger partial charge < -0.3 is 24.6 Å². The molecule has 2 unspecified atom stereocenters. The Morgan fingerprint density at radius 2 is 1.57 bits per heavy atom. The van der Waals surface area contributed by atoms with Crippen LogP contribution in [0.3, 0.4) is 0 Å². The number of carbonyl (C=O) groups excluding carboxylic acids is 1.